The zero-order valence-electron chi connectivity index (χ0n) is 20.2. The maximum absolute atomic E-state index is 13.7. The van der Waals surface area contributed by atoms with Crippen molar-refractivity contribution in [1.82, 2.24) is 9.47 Å². The van der Waals surface area contributed by atoms with E-state index in [0.29, 0.717) is 11.1 Å². The highest BCUT2D eigenvalue weighted by atomic mass is 32.2. The van der Waals surface area contributed by atoms with Gasteiger partial charge in [-0.1, -0.05) is 35.0 Å². The van der Waals surface area contributed by atoms with Gasteiger partial charge in [0.25, 0.3) is 5.56 Å². The van der Waals surface area contributed by atoms with Crippen LogP contribution in [0.3, 0.4) is 0 Å². The van der Waals surface area contributed by atoms with Crippen LogP contribution in [0.15, 0.2) is 72.2 Å². The Morgan fingerprint density at radius 3 is 2.71 bits per heavy atom. The molecule has 0 atom stereocenters. The van der Waals surface area contributed by atoms with Crippen molar-refractivity contribution >= 4 is 47.0 Å². The van der Waals surface area contributed by atoms with Gasteiger partial charge in [-0.15, -0.1) is 17.8 Å². The van der Waals surface area contributed by atoms with Gasteiger partial charge in [0.1, 0.15) is 5.82 Å². The highest BCUT2D eigenvalue weighted by Gasteiger charge is 2.20. The van der Waals surface area contributed by atoms with Crippen LogP contribution in [0.5, 0.6) is 0 Å². The van der Waals surface area contributed by atoms with Crippen molar-refractivity contribution in [3.63, 3.8) is 0 Å². The van der Waals surface area contributed by atoms with E-state index in [9.17, 15) is 9.18 Å². The van der Waals surface area contributed by atoms with E-state index in [1.165, 1.54) is 23.0 Å². The van der Waals surface area contributed by atoms with Crippen LogP contribution in [0.1, 0.15) is 32.8 Å². The van der Waals surface area contributed by atoms with Gasteiger partial charge >= 0.3 is 0 Å². The van der Waals surface area contributed by atoms with Crippen molar-refractivity contribution in [2.75, 3.05) is 7.05 Å². The van der Waals surface area contributed by atoms with Gasteiger partial charge in [-0.05, 0) is 87.8 Å². The molecule has 0 aliphatic carbocycles. The van der Waals surface area contributed by atoms with Crippen molar-refractivity contribution < 1.29 is 4.39 Å². The number of hydrogen-bond acceptors (Lipinski definition) is 5. The molecule has 0 spiro atoms. The van der Waals surface area contributed by atoms with Crippen molar-refractivity contribution in [3.8, 4) is 12.3 Å². The molecule has 180 valence electrons. The Kier molecular flexibility index (Phi) is 7.95. The van der Waals surface area contributed by atoms with Crippen LogP contribution in [0.2, 0.25) is 0 Å². The molecule has 4 rings (SSSR count). The topological polar surface area (TPSA) is 25.2 Å². The number of hydrogen-bond donors (Lipinski definition) is 0. The second kappa shape index (κ2) is 10.9. The third-order valence-electron chi connectivity index (χ3n) is 6.05. The number of rotatable bonds is 4. The normalized spacial score (nSPS) is 18.7. The number of aromatic nitrogens is 1. The lowest BCUT2D eigenvalue weighted by atomic mass is 10.1. The number of halogens is 1. The minimum Gasteiger partial charge on any atom is -0.342 e. The molecular weight excluding hydrogens is 496 g/mol. The number of thioether (sulfide) groups is 2. The molecule has 1 aromatic carbocycles. The number of terminal acetylenes is 1. The van der Waals surface area contributed by atoms with Gasteiger partial charge in [0.05, 0.1) is 14.2 Å². The summed E-state index contributed by atoms with van der Waals surface area (Å²) in [5.41, 5.74) is 3.43. The Balaban J connectivity index is 1.71. The number of aryl methyl sites for hydroxylation is 1. The van der Waals surface area contributed by atoms with Crippen LogP contribution < -0.4 is 14.8 Å². The molecule has 2 aliphatic rings. The Hall–Kier alpha value is -2.66. The van der Waals surface area contributed by atoms with Gasteiger partial charge < -0.3 is 4.90 Å². The molecule has 2 aliphatic heterocycles. The summed E-state index contributed by atoms with van der Waals surface area (Å²) in [7, 11) is 2.01. The summed E-state index contributed by atoms with van der Waals surface area (Å²) in [5.74, 6) is 2.34. The zero-order chi connectivity index (χ0) is 25.1. The molecule has 0 amide bonds. The van der Waals surface area contributed by atoms with Crippen LogP contribution in [0, 0.1) is 18.2 Å². The van der Waals surface area contributed by atoms with E-state index in [0.717, 1.165) is 48.5 Å². The molecule has 0 N–H and O–H groups in total. The van der Waals surface area contributed by atoms with E-state index in [4.69, 9.17) is 6.42 Å². The second-order valence-corrected chi connectivity index (χ2v) is 11.5. The number of benzene rings is 1. The third kappa shape index (κ3) is 5.45. The van der Waals surface area contributed by atoms with Crippen molar-refractivity contribution in [1.29, 1.82) is 0 Å². The first-order valence-electron chi connectivity index (χ1n) is 11.4. The molecule has 3 nitrogen and oxygen atoms in total. The summed E-state index contributed by atoms with van der Waals surface area (Å²) in [4.78, 5) is 18.6. The SMILES string of the molecule is C#CC=CC1=C(C)N(C)C(=CC=c2sc(=CC3=C(C)CCc4cc(F)ccc4S3)n(CC)c2=O)S1. The predicted octanol–water partition coefficient (Wildman–Crippen LogP) is 5.58. The third-order valence-corrected chi connectivity index (χ3v) is 9.71. The minimum absolute atomic E-state index is 0.0164. The van der Waals surface area contributed by atoms with Crippen LogP contribution in [-0.4, -0.2) is 16.5 Å². The summed E-state index contributed by atoms with van der Waals surface area (Å²) in [5, 5.41) is 1.04. The van der Waals surface area contributed by atoms with Gasteiger partial charge in [0.2, 0.25) is 0 Å². The van der Waals surface area contributed by atoms with E-state index in [1.54, 1.807) is 35.7 Å². The Bertz CT molecular complexity index is 1510. The maximum atomic E-state index is 13.7. The van der Waals surface area contributed by atoms with Gasteiger partial charge in [-0.2, -0.15) is 0 Å². The van der Waals surface area contributed by atoms with Gasteiger partial charge in [-0.25, -0.2) is 4.39 Å². The predicted molar refractivity (Wildman–Crippen MR) is 150 cm³/mol. The smallest absolute Gasteiger partial charge is 0.269 e. The van der Waals surface area contributed by atoms with Crippen LogP contribution in [-0.2, 0) is 13.0 Å². The first kappa shape index (κ1) is 25.4. The zero-order valence-corrected chi connectivity index (χ0v) is 22.7. The highest BCUT2D eigenvalue weighted by Crippen LogP contribution is 2.40. The average molecular weight is 523 g/mol. The monoisotopic (exact) mass is 522 g/mol. The molecule has 0 bridgehead atoms. The van der Waals surface area contributed by atoms with Crippen LogP contribution in [0.4, 0.5) is 4.39 Å². The fourth-order valence-electron chi connectivity index (χ4n) is 3.87. The Morgan fingerprint density at radius 2 is 1.97 bits per heavy atom. The lowest BCUT2D eigenvalue weighted by molar-refractivity contribution is 0.565. The van der Waals surface area contributed by atoms with Crippen molar-refractivity contribution in [3.05, 3.63) is 93.5 Å². The Morgan fingerprint density at radius 1 is 1.17 bits per heavy atom. The summed E-state index contributed by atoms with van der Waals surface area (Å²) >= 11 is 4.80. The van der Waals surface area contributed by atoms with Crippen LogP contribution in [0.25, 0.3) is 12.2 Å². The minimum atomic E-state index is -0.197. The van der Waals surface area contributed by atoms with Gasteiger partial charge in [-0.3, -0.25) is 9.36 Å². The van der Waals surface area contributed by atoms with E-state index in [2.05, 4.69) is 30.7 Å². The molecule has 0 radical (unpaired) electrons. The molecule has 7 heteroatoms. The molecule has 0 saturated carbocycles. The molecule has 2 aromatic rings. The molecule has 0 fully saturated rings. The second-order valence-electron chi connectivity index (χ2n) is 8.28. The molecule has 0 unspecified atom stereocenters. The molecular formula is C28H27FN2OS3. The molecule has 35 heavy (non-hydrogen) atoms. The highest BCUT2D eigenvalue weighted by molar-refractivity contribution is 8.07. The van der Waals surface area contributed by atoms with E-state index in [1.807, 2.05) is 42.8 Å². The van der Waals surface area contributed by atoms with E-state index < -0.39 is 0 Å². The molecule has 3 heterocycles. The maximum Gasteiger partial charge on any atom is 0.269 e. The largest absolute Gasteiger partial charge is 0.342 e. The quantitative estimate of drug-likeness (QED) is 0.490. The number of thiazole rings is 1. The number of fused-ring (bicyclic) bond motifs is 1. The van der Waals surface area contributed by atoms with Crippen LogP contribution >= 0.6 is 34.9 Å². The number of nitrogens with zero attached hydrogens (tertiary/aromatic N) is 2. The first-order valence-corrected chi connectivity index (χ1v) is 13.8. The van der Waals surface area contributed by atoms with E-state index in [-0.39, 0.29) is 11.4 Å². The lowest BCUT2D eigenvalue weighted by Crippen LogP contribution is -2.30. The summed E-state index contributed by atoms with van der Waals surface area (Å²) in [6, 6.07) is 5.00. The van der Waals surface area contributed by atoms with Gasteiger partial charge in [0, 0.05) is 34.0 Å². The lowest BCUT2D eigenvalue weighted by Gasteiger charge is -2.13. The Labute approximate surface area is 218 Å². The van der Waals surface area contributed by atoms with Gasteiger partial charge in [0.15, 0.2) is 0 Å². The van der Waals surface area contributed by atoms with Crippen molar-refractivity contribution in [2.45, 2.75) is 45.1 Å². The summed E-state index contributed by atoms with van der Waals surface area (Å²) in [6.45, 7) is 6.76. The van der Waals surface area contributed by atoms with E-state index >= 15 is 0 Å². The van der Waals surface area contributed by atoms with Crippen molar-refractivity contribution in [2.24, 2.45) is 0 Å². The standard InChI is InChI=1S/C28H27FN2OS3/c1-6-8-9-22-19(4)30(5)26(34-22)15-14-24-28(32)31(7-2)27(35-24)17-25-18(3)10-11-20-16-21(29)12-13-23(20)33-25/h1,8-9,12-17H,7,10-11H2,2-5H3. The molecule has 1 aromatic heterocycles. The number of allylic oxidation sites excluding steroid dienone is 6. The fraction of sp³-hybridized carbons (Fsp3) is 0.250. The first-order chi connectivity index (χ1) is 16.8. The fourth-order valence-corrected chi connectivity index (χ4v) is 7.17. The summed E-state index contributed by atoms with van der Waals surface area (Å²) in [6.07, 6.45) is 16.7. The summed E-state index contributed by atoms with van der Waals surface area (Å²) < 4.78 is 17.2. The average Bonchev–Trinajstić information content (AvgIpc) is 3.23. The molecule has 0 saturated heterocycles.